The highest BCUT2D eigenvalue weighted by Gasteiger charge is 2.22. The topological polar surface area (TPSA) is 65.4 Å². The molecule has 0 bridgehead atoms. The highest BCUT2D eigenvalue weighted by molar-refractivity contribution is 5.77. The molecule has 0 aromatic heterocycles. The SMILES string of the molecule is Cc1cccc(OCC(=O)NC2CCN(c3ccccc3C#N)CC2)c1. The van der Waals surface area contributed by atoms with Crippen molar-refractivity contribution in [2.24, 2.45) is 0 Å². The first-order chi connectivity index (χ1) is 12.7. The molecule has 1 N–H and O–H groups in total. The summed E-state index contributed by atoms with van der Waals surface area (Å²) < 4.78 is 5.55. The van der Waals surface area contributed by atoms with Crippen LogP contribution in [0.5, 0.6) is 5.75 Å². The molecule has 0 spiro atoms. The Bertz CT molecular complexity index is 805. The van der Waals surface area contributed by atoms with E-state index in [0.717, 1.165) is 37.2 Å². The molecule has 3 rings (SSSR count). The lowest BCUT2D eigenvalue weighted by Crippen LogP contribution is -2.46. The van der Waals surface area contributed by atoms with Crippen LogP contribution in [0.15, 0.2) is 48.5 Å². The summed E-state index contributed by atoms with van der Waals surface area (Å²) >= 11 is 0. The van der Waals surface area contributed by atoms with Crippen LogP contribution >= 0.6 is 0 Å². The third-order valence-corrected chi connectivity index (χ3v) is 4.58. The smallest absolute Gasteiger partial charge is 0.258 e. The van der Waals surface area contributed by atoms with Crippen molar-refractivity contribution in [1.82, 2.24) is 5.32 Å². The number of hydrogen-bond donors (Lipinski definition) is 1. The maximum atomic E-state index is 12.1. The zero-order valence-electron chi connectivity index (χ0n) is 14.9. The second-order valence-electron chi connectivity index (χ2n) is 6.56. The molecule has 0 atom stereocenters. The lowest BCUT2D eigenvalue weighted by molar-refractivity contribution is -0.123. The molecule has 0 radical (unpaired) electrons. The molecule has 0 aliphatic carbocycles. The van der Waals surface area contributed by atoms with E-state index in [-0.39, 0.29) is 18.6 Å². The van der Waals surface area contributed by atoms with E-state index in [1.807, 2.05) is 55.5 Å². The Labute approximate surface area is 154 Å². The van der Waals surface area contributed by atoms with Crippen molar-refractivity contribution < 1.29 is 9.53 Å². The van der Waals surface area contributed by atoms with Crippen molar-refractivity contribution in [2.45, 2.75) is 25.8 Å². The monoisotopic (exact) mass is 349 g/mol. The van der Waals surface area contributed by atoms with Gasteiger partial charge in [0.2, 0.25) is 0 Å². The minimum Gasteiger partial charge on any atom is -0.484 e. The number of nitrogens with zero attached hydrogens (tertiary/aromatic N) is 2. The minimum atomic E-state index is -0.0950. The standard InChI is InChI=1S/C21H23N3O2/c1-16-5-4-7-19(13-16)26-15-21(25)23-18-9-11-24(12-10-18)20-8-3-2-6-17(20)14-22/h2-8,13,18H,9-12,15H2,1H3,(H,23,25). The summed E-state index contributed by atoms with van der Waals surface area (Å²) in [5.41, 5.74) is 2.78. The van der Waals surface area contributed by atoms with Gasteiger partial charge in [-0.05, 0) is 49.6 Å². The van der Waals surface area contributed by atoms with Crippen LogP contribution in [0, 0.1) is 18.3 Å². The Kier molecular flexibility index (Phi) is 5.75. The van der Waals surface area contributed by atoms with E-state index in [2.05, 4.69) is 16.3 Å². The van der Waals surface area contributed by atoms with E-state index in [9.17, 15) is 10.1 Å². The molecule has 2 aromatic carbocycles. The number of carbonyl (C=O) groups excluding carboxylic acids is 1. The Morgan fingerprint density at radius 1 is 1.23 bits per heavy atom. The molecular weight excluding hydrogens is 326 g/mol. The van der Waals surface area contributed by atoms with E-state index in [1.54, 1.807) is 0 Å². The summed E-state index contributed by atoms with van der Waals surface area (Å²) in [6, 6.07) is 17.7. The van der Waals surface area contributed by atoms with E-state index < -0.39 is 0 Å². The fraction of sp³-hybridized carbons (Fsp3) is 0.333. The van der Waals surface area contributed by atoms with E-state index in [4.69, 9.17) is 4.74 Å². The number of nitrogens with one attached hydrogen (secondary N) is 1. The minimum absolute atomic E-state index is 0.0287. The fourth-order valence-electron chi connectivity index (χ4n) is 3.23. The molecule has 0 unspecified atom stereocenters. The summed E-state index contributed by atoms with van der Waals surface area (Å²) in [6.07, 6.45) is 1.71. The van der Waals surface area contributed by atoms with Crippen LogP contribution in [-0.2, 0) is 4.79 Å². The number of carbonyl (C=O) groups is 1. The predicted octanol–water partition coefficient (Wildman–Crippen LogP) is 3.03. The third kappa shape index (κ3) is 4.54. The Morgan fingerprint density at radius 2 is 2.00 bits per heavy atom. The van der Waals surface area contributed by atoms with E-state index in [0.29, 0.717) is 11.3 Å². The van der Waals surface area contributed by atoms with Crippen LogP contribution in [0.25, 0.3) is 0 Å². The molecule has 5 heteroatoms. The number of rotatable bonds is 5. The number of para-hydroxylation sites is 1. The molecule has 1 fully saturated rings. The quantitative estimate of drug-likeness (QED) is 0.901. The fourth-order valence-corrected chi connectivity index (χ4v) is 3.23. The maximum absolute atomic E-state index is 12.1. The highest BCUT2D eigenvalue weighted by Crippen LogP contribution is 2.23. The van der Waals surface area contributed by atoms with Gasteiger partial charge in [-0.2, -0.15) is 5.26 Å². The number of ether oxygens (including phenoxy) is 1. The van der Waals surface area contributed by atoms with Gasteiger partial charge in [-0.3, -0.25) is 4.79 Å². The van der Waals surface area contributed by atoms with Crippen LogP contribution in [0.3, 0.4) is 0 Å². The van der Waals surface area contributed by atoms with Gasteiger partial charge in [-0.25, -0.2) is 0 Å². The van der Waals surface area contributed by atoms with Crippen molar-refractivity contribution in [3.63, 3.8) is 0 Å². The van der Waals surface area contributed by atoms with Crippen LogP contribution in [0.1, 0.15) is 24.0 Å². The van der Waals surface area contributed by atoms with Crippen molar-refractivity contribution in [2.75, 3.05) is 24.6 Å². The predicted molar refractivity (Wildman–Crippen MR) is 101 cm³/mol. The number of nitriles is 1. The molecule has 0 saturated carbocycles. The van der Waals surface area contributed by atoms with Gasteiger partial charge in [0, 0.05) is 19.1 Å². The van der Waals surface area contributed by atoms with Crippen LogP contribution in [0.4, 0.5) is 5.69 Å². The van der Waals surface area contributed by atoms with Gasteiger partial charge in [0.15, 0.2) is 6.61 Å². The molecule has 1 amide bonds. The molecule has 26 heavy (non-hydrogen) atoms. The van der Waals surface area contributed by atoms with Gasteiger partial charge < -0.3 is 15.0 Å². The van der Waals surface area contributed by atoms with E-state index in [1.165, 1.54) is 0 Å². The van der Waals surface area contributed by atoms with Crippen LogP contribution in [-0.4, -0.2) is 31.6 Å². The van der Waals surface area contributed by atoms with Crippen LogP contribution < -0.4 is 15.0 Å². The lowest BCUT2D eigenvalue weighted by Gasteiger charge is -2.34. The van der Waals surface area contributed by atoms with Gasteiger partial charge in [0.25, 0.3) is 5.91 Å². The summed E-state index contributed by atoms with van der Waals surface area (Å²) in [5, 5.41) is 12.3. The van der Waals surface area contributed by atoms with Crippen molar-refractivity contribution >= 4 is 11.6 Å². The molecular formula is C21H23N3O2. The van der Waals surface area contributed by atoms with E-state index >= 15 is 0 Å². The molecule has 1 heterocycles. The molecule has 2 aromatic rings. The summed E-state index contributed by atoms with van der Waals surface area (Å²) in [4.78, 5) is 14.3. The number of piperidine rings is 1. The number of hydrogen-bond acceptors (Lipinski definition) is 4. The lowest BCUT2D eigenvalue weighted by atomic mass is 10.0. The Morgan fingerprint density at radius 3 is 2.73 bits per heavy atom. The van der Waals surface area contributed by atoms with Crippen molar-refractivity contribution in [1.29, 1.82) is 5.26 Å². The summed E-state index contributed by atoms with van der Waals surface area (Å²) in [7, 11) is 0. The molecule has 1 saturated heterocycles. The second-order valence-corrected chi connectivity index (χ2v) is 6.56. The maximum Gasteiger partial charge on any atom is 0.258 e. The Balaban J connectivity index is 1.46. The highest BCUT2D eigenvalue weighted by atomic mass is 16.5. The summed E-state index contributed by atoms with van der Waals surface area (Å²) in [6.45, 7) is 3.66. The molecule has 5 nitrogen and oxygen atoms in total. The zero-order valence-corrected chi connectivity index (χ0v) is 14.9. The average Bonchev–Trinajstić information content (AvgIpc) is 2.67. The van der Waals surface area contributed by atoms with Crippen LogP contribution in [0.2, 0.25) is 0 Å². The Hall–Kier alpha value is -3.00. The zero-order chi connectivity index (χ0) is 18.4. The number of amides is 1. The third-order valence-electron chi connectivity index (χ3n) is 4.58. The summed E-state index contributed by atoms with van der Waals surface area (Å²) in [5.74, 6) is 0.616. The van der Waals surface area contributed by atoms with Gasteiger partial charge in [-0.15, -0.1) is 0 Å². The first-order valence-electron chi connectivity index (χ1n) is 8.88. The van der Waals surface area contributed by atoms with Crippen molar-refractivity contribution in [3.05, 3.63) is 59.7 Å². The first-order valence-corrected chi connectivity index (χ1v) is 8.88. The van der Waals surface area contributed by atoms with Gasteiger partial charge in [0.1, 0.15) is 11.8 Å². The van der Waals surface area contributed by atoms with Gasteiger partial charge in [-0.1, -0.05) is 24.3 Å². The average molecular weight is 349 g/mol. The number of anilines is 1. The van der Waals surface area contributed by atoms with Gasteiger partial charge in [0.05, 0.1) is 11.3 Å². The first kappa shape index (κ1) is 17.8. The number of aryl methyl sites for hydroxylation is 1. The second kappa shape index (κ2) is 8.39. The van der Waals surface area contributed by atoms with Crippen molar-refractivity contribution in [3.8, 4) is 11.8 Å². The molecule has 134 valence electrons. The number of benzene rings is 2. The molecule has 1 aliphatic heterocycles. The van der Waals surface area contributed by atoms with Gasteiger partial charge >= 0.3 is 0 Å². The molecule has 1 aliphatic rings. The normalized spacial score (nSPS) is 14.5. The largest absolute Gasteiger partial charge is 0.484 e.